The standard InChI is InChI=1S/C15H21ClN2O2/c1-11-13(6-4-9-17-11)18-15(19)8-10-20-14-7-3-2-5-12(14)16/h2-3,5,7,11,13,17H,4,6,8-10H2,1H3,(H,18,19). The van der Waals surface area contributed by atoms with E-state index >= 15 is 0 Å². The van der Waals surface area contributed by atoms with Crippen molar-refractivity contribution in [2.75, 3.05) is 13.2 Å². The van der Waals surface area contributed by atoms with Gasteiger partial charge in [-0.2, -0.15) is 0 Å². The molecule has 0 saturated carbocycles. The van der Waals surface area contributed by atoms with Crippen molar-refractivity contribution in [3.63, 3.8) is 0 Å². The molecule has 0 bridgehead atoms. The number of piperidine rings is 1. The van der Waals surface area contributed by atoms with Crippen molar-refractivity contribution in [3.8, 4) is 5.75 Å². The van der Waals surface area contributed by atoms with E-state index in [-0.39, 0.29) is 11.9 Å². The van der Waals surface area contributed by atoms with Gasteiger partial charge in [-0.3, -0.25) is 4.79 Å². The summed E-state index contributed by atoms with van der Waals surface area (Å²) in [6.45, 7) is 3.47. The second-order valence-electron chi connectivity index (χ2n) is 5.09. The van der Waals surface area contributed by atoms with Gasteiger partial charge < -0.3 is 15.4 Å². The first-order valence-corrected chi connectivity index (χ1v) is 7.44. The van der Waals surface area contributed by atoms with Gasteiger partial charge >= 0.3 is 0 Å². The third kappa shape index (κ3) is 4.39. The summed E-state index contributed by atoms with van der Waals surface area (Å²) < 4.78 is 5.52. The van der Waals surface area contributed by atoms with Gasteiger partial charge in [0.1, 0.15) is 5.75 Å². The fourth-order valence-corrected chi connectivity index (χ4v) is 2.53. The summed E-state index contributed by atoms with van der Waals surface area (Å²) in [5, 5.41) is 6.99. The molecule has 0 aliphatic carbocycles. The summed E-state index contributed by atoms with van der Waals surface area (Å²) in [6, 6.07) is 7.82. The van der Waals surface area contributed by atoms with Crippen LogP contribution in [0.4, 0.5) is 0 Å². The monoisotopic (exact) mass is 296 g/mol. The first-order valence-electron chi connectivity index (χ1n) is 7.07. The first-order chi connectivity index (χ1) is 9.66. The Morgan fingerprint density at radius 2 is 2.30 bits per heavy atom. The minimum absolute atomic E-state index is 0.0256. The number of rotatable bonds is 5. The van der Waals surface area contributed by atoms with E-state index in [1.165, 1.54) is 0 Å². The number of ether oxygens (including phenoxy) is 1. The Bertz CT molecular complexity index is 453. The Morgan fingerprint density at radius 1 is 1.50 bits per heavy atom. The number of carbonyl (C=O) groups excluding carboxylic acids is 1. The number of hydrogen-bond acceptors (Lipinski definition) is 3. The van der Waals surface area contributed by atoms with Gasteiger partial charge in [-0.25, -0.2) is 0 Å². The Balaban J connectivity index is 1.71. The zero-order valence-corrected chi connectivity index (χ0v) is 12.5. The highest BCUT2D eigenvalue weighted by atomic mass is 35.5. The molecule has 5 heteroatoms. The maximum atomic E-state index is 11.9. The Morgan fingerprint density at radius 3 is 3.05 bits per heavy atom. The fraction of sp³-hybridized carbons (Fsp3) is 0.533. The summed E-state index contributed by atoms with van der Waals surface area (Å²) in [4.78, 5) is 11.9. The maximum Gasteiger partial charge on any atom is 0.223 e. The number of amides is 1. The lowest BCUT2D eigenvalue weighted by Crippen LogP contribution is -2.52. The van der Waals surface area contributed by atoms with Gasteiger partial charge in [-0.05, 0) is 38.4 Å². The molecule has 2 atom stereocenters. The molecule has 2 N–H and O–H groups in total. The molecule has 1 saturated heterocycles. The van der Waals surface area contributed by atoms with E-state index in [2.05, 4.69) is 17.6 Å². The van der Waals surface area contributed by atoms with Crippen LogP contribution in [0.15, 0.2) is 24.3 Å². The van der Waals surface area contributed by atoms with Crippen LogP contribution in [0.2, 0.25) is 5.02 Å². The number of halogens is 1. The predicted molar refractivity (Wildman–Crippen MR) is 80.2 cm³/mol. The third-order valence-corrected chi connectivity index (χ3v) is 3.84. The van der Waals surface area contributed by atoms with Crippen molar-refractivity contribution in [2.45, 2.75) is 38.3 Å². The minimum Gasteiger partial charge on any atom is -0.491 e. The lowest BCUT2D eigenvalue weighted by atomic mass is 10.00. The molecule has 1 amide bonds. The maximum absolute atomic E-state index is 11.9. The average Bonchev–Trinajstić information content (AvgIpc) is 2.43. The molecule has 0 aromatic heterocycles. The van der Waals surface area contributed by atoms with Crippen LogP contribution in [-0.2, 0) is 4.79 Å². The zero-order chi connectivity index (χ0) is 14.4. The molecule has 2 unspecified atom stereocenters. The van der Waals surface area contributed by atoms with Crippen molar-refractivity contribution < 1.29 is 9.53 Å². The van der Waals surface area contributed by atoms with Gasteiger partial charge in [0.25, 0.3) is 0 Å². The number of nitrogens with one attached hydrogen (secondary N) is 2. The third-order valence-electron chi connectivity index (χ3n) is 3.53. The van der Waals surface area contributed by atoms with E-state index in [1.807, 2.05) is 12.1 Å². The number of hydrogen-bond donors (Lipinski definition) is 2. The van der Waals surface area contributed by atoms with Crippen molar-refractivity contribution in [1.29, 1.82) is 0 Å². The van der Waals surface area contributed by atoms with Crippen LogP contribution in [0.5, 0.6) is 5.75 Å². The molecule has 2 rings (SSSR count). The Hall–Kier alpha value is -1.26. The second-order valence-corrected chi connectivity index (χ2v) is 5.50. The molecule has 0 spiro atoms. The van der Waals surface area contributed by atoms with E-state index in [0.717, 1.165) is 19.4 Å². The quantitative estimate of drug-likeness (QED) is 0.877. The number of para-hydroxylation sites is 1. The first kappa shape index (κ1) is 15.1. The van der Waals surface area contributed by atoms with E-state index < -0.39 is 0 Å². The van der Waals surface area contributed by atoms with Crippen LogP contribution in [0.25, 0.3) is 0 Å². The van der Waals surface area contributed by atoms with Crippen molar-refractivity contribution in [1.82, 2.24) is 10.6 Å². The Labute approximate surface area is 124 Å². The van der Waals surface area contributed by atoms with E-state index in [0.29, 0.717) is 29.8 Å². The normalized spacial score (nSPS) is 22.3. The topological polar surface area (TPSA) is 50.4 Å². The molecule has 1 aromatic carbocycles. The van der Waals surface area contributed by atoms with Crippen LogP contribution in [0.3, 0.4) is 0 Å². The largest absolute Gasteiger partial charge is 0.491 e. The molecule has 1 fully saturated rings. The SMILES string of the molecule is CC1NCCCC1NC(=O)CCOc1ccccc1Cl. The molecule has 110 valence electrons. The Kier molecular flexibility index (Phi) is 5.68. The lowest BCUT2D eigenvalue weighted by Gasteiger charge is -2.30. The molecule has 4 nitrogen and oxygen atoms in total. The van der Waals surface area contributed by atoms with Gasteiger partial charge in [-0.1, -0.05) is 23.7 Å². The average molecular weight is 297 g/mol. The number of benzene rings is 1. The van der Waals surface area contributed by atoms with Crippen molar-refractivity contribution in [2.24, 2.45) is 0 Å². The predicted octanol–water partition coefficient (Wildman–Crippen LogP) is 2.37. The molecule has 1 aliphatic heterocycles. The molecule has 20 heavy (non-hydrogen) atoms. The summed E-state index contributed by atoms with van der Waals surface area (Å²) in [5.74, 6) is 0.646. The number of carbonyl (C=O) groups is 1. The van der Waals surface area contributed by atoms with Gasteiger partial charge in [0, 0.05) is 12.1 Å². The van der Waals surface area contributed by atoms with Crippen LogP contribution >= 0.6 is 11.6 Å². The fourth-order valence-electron chi connectivity index (χ4n) is 2.34. The molecule has 0 radical (unpaired) electrons. The summed E-state index contributed by atoms with van der Waals surface area (Å²) in [6.07, 6.45) is 2.48. The molecule has 1 heterocycles. The van der Waals surface area contributed by atoms with Gasteiger partial charge in [0.2, 0.25) is 5.91 Å². The zero-order valence-electron chi connectivity index (χ0n) is 11.7. The van der Waals surface area contributed by atoms with Crippen LogP contribution in [0.1, 0.15) is 26.2 Å². The molecular formula is C15H21ClN2O2. The molecule has 1 aliphatic rings. The van der Waals surface area contributed by atoms with Crippen molar-refractivity contribution in [3.05, 3.63) is 29.3 Å². The van der Waals surface area contributed by atoms with E-state index in [4.69, 9.17) is 16.3 Å². The second kappa shape index (κ2) is 7.50. The molecular weight excluding hydrogens is 276 g/mol. The lowest BCUT2D eigenvalue weighted by molar-refractivity contribution is -0.122. The van der Waals surface area contributed by atoms with E-state index in [1.54, 1.807) is 12.1 Å². The van der Waals surface area contributed by atoms with Crippen molar-refractivity contribution >= 4 is 17.5 Å². The molecule has 1 aromatic rings. The smallest absolute Gasteiger partial charge is 0.223 e. The summed E-state index contributed by atoms with van der Waals surface area (Å²) in [7, 11) is 0. The van der Waals surface area contributed by atoms with Crippen LogP contribution < -0.4 is 15.4 Å². The highest BCUT2D eigenvalue weighted by Crippen LogP contribution is 2.23. The van der Waals surface area contributed by atoms with Gasteiger partial charge in [0.05, 0.1) is 18.1 Å². The summed E-state index contributed by atoms with van der Waals surface area (Å²) in [5.41, 5.74) is 0. The highest BCUT2D eigenvalue weighted by molar-refractivity contribution is 6.32. The van der Waals surface area contributed by atoms with E-state index in [9.17, 15) is 4.79 Å². The van der Waals surface area contributed by atoms with Gasteiger partial charge in [-0.15, -0.1) is 0 Å². The minimum atomic E-state index is 0.0256. The summed E-state index contributed by atoms with van der Waals surface area (Å²) >= 11 is 5.98. The van der Waals surface area contributed by atoms with Crippen LogP contribution in [0, 0.1) is 0 Å². The van der Waals surface area contributed by atoms with Crippen LogP contribution in [-0.4, -0.2) is 31.1 Å². The highest BCUT2D eigenvalue weighted by Gasteiger charge is 2.22. The van der Waals surface area contributed by atoms with Gasteiger partial charge in [0.15, 0.2) is 0 Å².